The molecular weight excluding hydrogens is 442 g/mol. The highest BCUT2D eigenvalue weighted by atomic mass is 16.5. The molecule has 0 saturated heterocycles. The molecular formula is C28H25N3O4. The number of aromatic carboxylic acids is 1. The molecule has 0 unspecified atom stereocenters. The topological polar surface area (TPSA) is 93.5 Å². The molecule has 0 atom stereocenters. The van der Waals surface area contributed by atoms with Crippen LogP contribution in [0.2, 0.25) is 0 Å². The third kappa shape index (κ3) is 4.28. The number of benzene rings is 3. The summed E-state index contributed by atoms with van der Waals surface area (Å²) in [7, 11) is 0. The van der Waals surface area contributed by atoms with Crippen molar-refractivity contribution < 1.29 is 19.4 Å². The van der Waals surface area contributed by atoms with Gasteiger partial charge in [0.2, 0.25) is 0 Å². The van der Waals surface area contributed by atoms with Crippen molar-refractivity contribution in [3.63, 3.8) is 0 Å². The van der Waals surface area contributed by atoms with Gasteiger partial charge in [-0.3, -0.25) is 10.00 Å². The van der Waals surface area contributed by atoms with Gasteiger partial charge in [0.25, 0.3) is 0 Å². The van der Waals surface area contributed by atoms with Crippen LogP contribution in [-0.4, -0.2) is 33.6 Å². The van der Waals surface area contributed by atoms with Crippen LogP contribution in [0.1, 0.15) is 44.4 Å². The van der Waals surface area contributed by atoms with Gasteiger partial charge < -0.3 is 9.84 Å². The third-order valence-electron chi connectivity index (χ3n) is 6.49. The lowest BCUT2D eigenvalue weighted by atomic mass is 9.98. The van der Waals surface area contributed by atoms with Gasteiger partial charge in [-0.1, -0.05) is 60.7 Å². The van der Waals surface area contributed by atoms with E-state index in [2.05, 4.69) is 34.7 Å². The minimum atomic E-state index is -0.961. The first-order valence-corrected chi connectivity index (χ1v) is 11.4. The summed E-state index contributed by atoms with van der Waals surface area (Å²) in [6.45, 7) is 4.40. The van der Waals surface area contributed by atoms with Crippen LogP contribution >= 0.6 is 0 Å². The maximum atomic E-state index is 12.7. The van der Waals surface area contributed by atoms with Crippen LogP contribution in [-0.2, 0) is 11.3 Å². The Kier molecular flexibility index (Phi) is 5.82. The second-order valence-corrected chi connectivity index (χ2v) is 8.66. The lowest BCUT2D eigenvalue weighted by molar-refractivity contribution is 0.0696. The Bertz CT molecular complexity index is 1380. The number of nitrogens with zero attached hydrogens (tertiary/aromatic N) is 2. The monoisotopic (exact) mass is 467 g/mol. The van der Waals surface area contributed by atoms with E-state index in [1.54, 1.807) is 28.9 Å². The molecule has 1 aromatic heterocycles. The Morgan fingerprint density at radius 3 is 2.14 bits per heavy atom. The molecule has 3 aromatic carbocycles. The summed E-state index contributed by atoms with van der Waals surface area (Å²) in [5.74, 6) is -0.968. The molecule has 0 saturated carbocycles. The van der Waals surface area contributed by atoms with Gasteiger partial charge in [-0.2, -0.15) is 5.10 Å². The number of fused-ring (bicyclic) bond motifs is 3. The number of carboxylic acids is 1. The lowest BCUT2D eigenvalue weighted by Gasteiger charge is -2.14. The van der Waals surface area contributed by atoms with Crippen molar-refractivity contribution >= 4 is 17.7 Å². The molecule has 7 nitrogen and oxygen atoms in total. The van der Waals surface area contributed by atoms with E-state index < -0.39 is 12.1 Å². The second kappa shape index (κ2) is 9.10. The lowest BCUT2D eigenvalue weighted by Crippen LogP contribution is -2.18. The maximum absolute atomic E-state index is 12.7. The van der Waals surface area contributed by atoms with Crippen molar-refractivity contribution in [1.29, 1.82) is 0 Å². The summed E-state index contributed by atoms with van der Waals surface area (Å²) in [6, 6.07) is 23.1. The fourth-order valence-corrected chi connectivity index (χ4v) is 4.69. The number of hydrogen-bond donors (Lipinski definition) is 2. The number of aryl methyl sites for hydroxylation is 1. The third-order valence-corrected chi connectivity index (χ3v) is 6.49. The van der Waals surface area contributed by atoms with Gasteiger partial charge in [0.15, 0.2) is 0 Å². The number of ether oxygens (including phenoxy) is 1. The summed E-state index contributed by atoms with van der Waals surface area (Å²) >= 11 is 0. The zero-order valence-corrected chi connectivity index (χ0v) is 19.5. The molecule has 0 aliphatic heterocycles. The van der Waals surface area contributed by atoms with E-state index in [4.69, 9.17) is 9.84 Å². The van der Waals surface area contributed by atoms with Gasteiger partial charge in [0.05, 0.1) is 29.2 Å². The number of nitrogens with one attached hydrogen (secondary N) is 1. The van der Waals surface area contributed by atoms with Crippen molar-refractivity contribution in [3.8, 4) is 11.1 Å². The molecule has 0 radical (unpaired) electrons. The summed E-state index contributed by atoms with van der Waals surface area (Å²) in [4.78, 5) is 23.8. The van der Waals surface area contributed by atoms with E-state index >= 15 is 0 Å². The van der Waals surface area contributed by atoms with Crippen LogP contribution in [0.25, 0.3) is 11.1 Å². The molecule has 1 aliphatic carbocycles. The molecule has 4 aromatic rings. The number of amides is 1. The highest BCUT2D eigenvalue weighted by molar-refractivity contribution is 5.88. The number of anilines is 1. The number of carbonyl (C=O) groups excluding carboxylic acids is 1. The quantitative estimate of drug-likeness (QED) is 0.385. The largest absolute Gasteiger partial charge is 0.478 e. The molecule has 5 rings (SSSR count). The molecule has 0 bridgehead atoms. The SMILES string of the molecule is Cc1nn(Cc2ccc(C(=O)O)cc2)c(C)c1NC(=O)OCC1c2ccccc2-c2ccccc21. The number of aromatic nitrogens is 2. The van der Waals surface area contributed by atoms with Gasteiger partial charge >= 0.3 is 12.1 Å². The predicted molar refractivity (Wildman–Crippen MR) is 133 cm³/mol. The van der Waals surface area contributed by atoms with E-state index in [0.29, 0.717) is 17.9 Å². The first kappa shape index (κ1) is 22.4. The van der Waals surface area contributed by atoms with Crippen molar-refractivity contribution in [2.45, 2.75) is 26.3 Å². The minimum Gasteiger partial charge on any atom is -0.478 e. The van der Waals surface area contributed by atoms with E-state index in [1.807, 2.05) is 38.1 Å². The minimum absolute atomic E-state index is 0.00755. The van der Waals surface area contributed by atoms with Crippen LogP contribution < -0.4 is 5.32 Å². The van der Waals surface area contributed by atoms with E-state index in [-0.39, 0.29) is 18.1 Å². The number of carbonyl (C=O) groups is 2. The first-order valence-electron chi connectivity index (χ1n) is 11.4. The first-order chi connectivity index (χ1) is 16.9. The average molecular weight is 468 g/mol. The van der Waals surface area contributed by atoms with Gasteiger partial charge in [0.1, 0.15) is 6.61 Å². The summed E-state index contributed by atoms with van der Waals surface area (Å²) < 4.78 is 7.46. The van der Waals surface area contributed by atoms with Crippen molar-refractivity contribution in [1.82, 2.24) is 9.78 Å². The zero-order chi connectivity index (χ0) is 24.5. The smallest absolute Gasteiger partial charge is 0.411 e. The summed E-state index contributed by atoms with van der Waals surface area (Å²) in [5, 5.41) is 16.5. The second-order valence-electron chi connectivity index (χ2n) is 8.66. The van der Waals surface area contributed by atoms with Crippen molar-refractivity contribution in [2.24, 2.45) is 0 Å². The summed E-state index contributed by atoms with van der Waals surface area (Å²) in [5.41, 5.74) is 7.92. The average Bonchev–Trinajstić information content (AvgIpc) is 3.32. The zero-order valence-electron chi connectivity index (χ0n) is 19.5. The van der Waals surface area contributed by atoms with Gasteiger partial charge in [-0.05, 0) is 53.8 Å². The fraction of sp³-hybridized carbons (Fsp3) is 0.179. The molecule has 1 amide bonds. The Labute approximate surface area is 203 Å². The van der Waals surface area contributed by atoms with Gasteiger partial charge in [-0.15, -0.1) is 0 Å². The molecule has 7 heteroatoms. The molecule has 2 N–H and O–H groups in total. The maximum Gasteiger partial charge on any atom is 0.411 e. The highest BCUT2D eigenvalue weighted by Crippen LogP contribution is 2.44. The number of hydrogen-bond acceptors (Lipinski definition) is 4. The molecule has 0 fully saturated rings. The molecule has 1 aliphatic rings. The Hall–Kier alpha value is -4.39. The van der Waals surface area contributed by atoms with Crippen LogP contribution in [0.15, 0.2) is 72.8 Å². The van der Waals surface area contributed by atoms with E-state index in [1.165, 1.54) is 11.1 Å². The molecule has 176 valence electrons. The number of carboxylic acid groups (broad SMARTS) is 1. The Morgan fingerprint density at radius 2 is 1.54 bits per heavy atom. The van der Waals surface area contributed by atoms with E-state index in [0.717, 1.165) is 22.4 Å². The highest BCUT2D eigenvalue weighted by Gasteiger charge is 2.29. The molecule has 0 spiro atoms. The van der Waals surface area contributed by atoms with Crippen LogP contribution in [0.3, 0.4) is 0 Å². The predicted octanol–water partition coefficient (Wildman–Crippen LogP) is 5.61. The Morgan fingerprint density at radius 1 is 0.943 bits per heavy atom. The fourth-order valence-electron chi connectivity index (χ4n) is 4.69. The standard InChI is InChI=1S/C28H25N3O4/c1-17-26(18(2)31(30-17)15-19-11-13-20(14-12-19)27(32)33)29-28(34)35-16-25-23-9-5-3-7-21(23)22-8-4-6-10-24(22)25/h3-14,25H,15-16H2,1-2H3,(H,29,34)(H,32,33). The molecule has 35 heavy (non-hydrogen) atoms. The summed E-state index contributed by atoms with van der Waals surface area (Å²) in [6.07, 6.45) is -0.525. The van der Waals surface area contributed by atoms with Crippen molar-refractivity contribution in [2.75, 3.05) is 11.9 Å². The molecule has 1 heterocycles. The normalized spacial score (nSPS) is 12.2. The van der Waals surface area contributed by atoms with Crippen LogP contribution in [0, 0.1) is 13.8 Å². The van der Waals surface area contributed by atoms with E-state index in [9.17, 15) is 9.59 Å². The van der Waals surface area contributed by atoms with Crippen molar-refractivity contribution in [3.05, 3.63) is 106 Å². The van der Waals surface area contributed by atoms with Crippen LogP contribution in [0.5, 0.6) is 0 Å². The van der Waals surface area contributed by atoms with Gasteiger partial charge in [-0.25, -0.2) is 9.59 Å². The van der Waals surface area contributed by atoms with Crippen LogP contribution in [0.4, 0.5) is 10.5 Å². The van der Waals surface area contributed by atoms with Gasteiger partial charge in [0, 0.05) is 5.92 Å². The number of rotatable bonds is 6. The Balaban J connectivity index is 1.27.